The fourth-order valence-electron chi connectivity index (χ4n) is 3.22. The predicted molar refractivity (Wildman–Crippen MR) is 93.9 cm³/mol. The van der Waals surface area contributed by atoms with Crippen LogP contribution < -0.4 is 10.6 Å². The third-order valence-electron chi connectivity index (χ3n) is 4.56. The van der Waals surface area contributed by atoms with E-state index in [4.69, 9.17) is 5.11 Å². The van der Waals surface area contributed by atoms with Gasteiger partial charge in [-0.2, -0.15) is 0 Å². The minimum Gasteiger partial charge on any atom is -0.481 e. The van der Waals surface area contributed by atoms with Crippen molar-refractivity contribution in [2.45, 2.75) is 57.5 Å². The van der Waals surface area contributed by atoms with Crippen LogP contribution in [0, 0.1) is 5.92 Å². The van der Waals surface area contributed by atoms with Gasteiger partial charge in [0.2, 0.25) is 11.8 Å². The summed E-state index contributed by atoms with van der Waals surface area (Å²) in [5.74, 6) is -1.60. The van der Waals surface area contributed by atoms with Gasteiger partial charge in [-0.3, -0.25) is 14.4 Å². The zero-order chi connectivity index (χ0) is 18.2. The van der Waals surface area contributed by atoms with Crippen LogP contribution in [0.2, 0.25) is 0 Å². The molecule has 2 rings (SSSR count). The van der Waals surface area contributed by atoms with Gasteiger partial charge in [-0.15, -0.1) is 0 Å². The van der Waals surface area contributed by atoms with E-state index in [1.165, 1.54) is 0 Å². The van der Waals surface area contributed by atoms with Crippen LogP contribution >= 0.6 is 0 Å². The number of carbonyl (C=O) groups is 3. The fraction of sp³-hybridized carbons (Fsp3) is 0.526. The van der Waals surface area contributed by atoms with Gasteiger partial charge in [-0.25, -0.2) is 0 Å². The number of carboxylic acids is 1. The number of aliphatic carboxylic acids is 1. The van der Waals surface area contributed by atoms with Gasteiger partial charge in [0, 0.05) is 6.04 Å². The van der Waals surface area contributed by atoms with E-state index in [0.29, 0.717) is 25.7 Å². The largest absolute Gasteiger partial charge is 0.481 e. The second-order valence-electron chi connectivity index (χ2n) is 6.62. The second-order valence-corrected chi connectivity index (χ2v) is 6.62. The molecule has 6 heteroatoms. The number of hydrogen-bond donors (Lipinski definition) is 3. The normalized spacial score (nSPS) is 20.7. The van der Waals surface area contributed by atoms with Gasteiger partial charge in [-0.05, 0) is 31.2 Å². The van der Waals surface area contributed by atoms with Gasteiger partial charge < -0.3 is 15.7 Å². The van der Waals surface area contributed by atoms with Gasteiger partial charge in [0.25, 0.3) is 0 Å². The second kappa shape index (κ2) is 9.20. The molecule has 2 amide bonds. The molecule has 0 aliphatic heterocycles. The van der Waals surface area contributed by atoms with Crippen LogP contribution in [0.15, 0.2) is 30.3 Å². The van der Waals surface area contributed by atoms with Gasteiger partial charge in [0.05, 0.1) is 12.3 Å². The van der Waals surface area contributed by atoms with Crippen molar-refractivity contribution in [2.24, 2.45) is 5.92 Å². The lowest BCUT2D eigenvalue weighted by Gasteiger charge is -2.21. The van der Waals surface area contributed by atoms with E-state index >= 15 is 0 Å². The van der Waals surface area contributed by atoms with Crippen LogP contribution in [0.1, 0.15) is 44.6 Å². The summed E-state index contributed by atoms with van der Waals surface area (Å²) in [6, 6.07) is 8.68. The number of carboxylic acid groups (broad SMARTS) is 1. The Morgan fingerprint density at radius 2 is 1.92 bits per heavy atom. The first-order valence-corrected chi connectivity index (χ1v) is 8.86. The summed E-state index contributed by atoms with van der Waals surface area (Å²) in [4.78, 5) is 35.7. The van der Waals surface area contributed by atoms with Crippen molar-refractivity contribution in [3.8, 4) is 0 Å². The number of hydrogen-bond acceptors (Lipinski definition) is 3. The molecule has 3 atom stereocenters. The van der Waals surface area contributed by atoms with Crippen LogP contribution in [-0.2, 0) is 20.8 Å². The van der Waals surface area contributed by atoms with E-state index in [9.17, 15) is 14.4 Å². The van der Waals surface area contributed by atoms with Crippen LogP contribution in [0.5, 0.6) is 0 Å². The van der Waals surface area contributed by atoms with Crippen molar-refractivity contribution in [1.82, 2.24) is 10.6 Å². The van der Waals surface area contributed by atoms with Crippen molar-refractivity contribution in [3.05, 3.63) is 35.9 Å². The third-order valence-corrected chi connectivity index (χ3v) is 4.56. The molecule has 25 heavy (non-hydrogen) atoms. The van der Waals surface area contributed by atoms with Gasteiger partial charge >= 0.3 is 5.97 Å². The molecule has 1 unspecified atom stereocenters. The molecule has 0 heterocycles. The third kappa shape index (κ3) is 5.89. The quantitative estimate of drug-likeness (QED) is 0.670. The van der Waals surface area contributed by atoms with Crippen molar-refractivity contribution >= 4 is 17.8 Å². The van der Waals surface area contributed by atoms with Gasteiger partial charge in [0.1, 0.15) is 6.04 Å². The summed E-state index contributed by atoms with van der Waals surface area (Å²) in [5, 5.41) is 14.8. The zero-order valence-electron chi connectivity index (χ0n) is 14.5. The average molecular weight is 346 g/mol. The monoisotopic (exact) mass is 346 g/mol. The summed E-state index contributed by atoms with van der Waals surface area (Å²) in [5.41, 5.74) is 0.899. The molecule has 0 radical (unpaired) electrons. The molecule has 1 aromatic rings. The topological polar surface area (TPSA) is 95.5 Å². The molecular weight excluding hydrogens is 320 g/mol. The first-order chi connectivity index (χ1) is 12.0. The van der Waals surface area contributed by atoms with Crippen LogP contribution in [0.4, 0.5) is 0 Å². The van der Waals surface area contributed by atoms with Crippen LogP contribution in [0.25, 0.3) is 0 Å². The Balaban J connectivity index is 1.87. The maximum Gasteiger partial charge on any atom is 0.306 e. The molecule has 1 aliphatic carbocycles. The molecule has 3 N–H and O–H groups in total. The Morgan fingerprint density at radius 1 is 1.20 bits per heavy atom. The molecular formula is C19H26N2O4. The zero-order valence-corrected chi connectivity index (χ0v) is 14.5. The van der Waals surface area contributed by atoms with E-state index in [-0.39, 0.29) is 30.2 Å². The van der Waals surface area contributed by atoms with Crippen molar-refractivity contribution in [3.63, 3.8) is 0 Å². The highest BCUT2D eigenvalue weighted by Gasteiger charge is 2.32. The first-order valence-electron chi connectivity index (χ1n) is 8.86. The molecule has 136 valence electrons. The Labute approximate surface area is 148 Å². The first kappa shape index (κ1) is 19.0. The number of amides is 2. The Hall–Kier alpha value is -2.37. The lowest BCUT2D eigenvalue weighted by molar-refractivity contribution is -0.141. The molecule has 1 aromatic carbocycles. The molecule has 1 fully saturated rings. The summed E-state index contributed by atoms with van der Waals surface area (Å²) in [6.07, 6.45) is 3.27. The van der Waals surface area contributed by atoms with Crippen LogP contribution in [0.3, 0.4) is 0 Å². The number of rotatable bonds is 8. The molecule has 6 nitrogen and oxygen atoms in total. The standard InChI is InChI=1S/C19H26N2O4/c1-2-6-16(21-17(22)11-13-7-4-3-5-8-13)18(23)20-15-10-9-14(12-15)19(24)25/h3-5,7-8,14-16H,2,6,9-12H2,1H3,(H,20,23)(H,21,22)(H,24,25)/t14-,15+,16?/m0/s1. The molecule has 0 saturated heterocycles. The minimum absolute atomic E-state index is 0.126. The van der Waals surface area contributed by atoms with E-state index in [1.807, 2.05) is 37.3 Å². The van der Waals surface area contributed by atoms with Gasteiger partial charge in [0.15, 0.2) is 0 Å². The van der Waals surface area contributed by atoms with E-state index in [2.05, 4.69) is 10.6 Å². The highest BCUT2D eigenvalue weighted by molar-refractivity contribution is 5.88. The average Bonchev–Trinajstić information content (AvgIpc) is 3.04. The lowest BCUT2D eigenvalue weighted by atomic mass is 10.1. The maximum atomic E-state index is 12.5. The summed E-state index contributed by atoms with van der Waals surface area (Å²) in [7, 11) is 0. The van der Waals surface area contributed by atoms with E-state index in [0.717, 1.165) is 12.0 Å². The lowest BCUT2D eigenvalue weighted by Crippen LogP contribution is -2.49. The number of nitrogens with one attached hydrogen (secondary N) is 2. The van der Waals surface area contributed by atoms with E-state index in [1.54, 1.807) is 0 Å². The fourth-order valence-corrected chi connectivity index (χ4v) is 3.22. The Kier molecular flexibility index (Phi) is 6.98. The molecule has 0 bridgehead atoms. The Morgan fingerprint density at radius 3 is 2.52 bits per heavy atom. The highest BCUT2D eigenvalue weighted by atomic mass is 16.4. The summed E-state index contributed by atoms with van der Waals surface area (Å²) < 4.78 is 0. The predicted octanol–water partition coefficient (Wildman–Crippen LogP) is 1.88. The van der Waals surface area contributed by atoms with Gasteiger partial charge in [-0.1, -0.05) is 43.7 Å². The Bertz CT molecular complexity index is 603. The minimum atomic E-state index is -0.807. The van der Waals surface area contributed by atoms with Crippen molar-refractivity contribution in [1.29, 1.82) is 0 Å². The van der Waals surface area contributed by atoms with Crippen LogP contribution in [-0.4, -0.2) is 35.0 Å². The van der Waals surface area contributed by atoms with E-state index < -0.39 is 12.0 Å². The maximum absolute atomic E-state index is 12.5. The van der Waals surface area contributed by atoms with Crippen molar-refractivity contribution < 1.29 is 19.5 Å². The molecule has 0 aromatic heterocycles. The van der Waals surface area contributed by atoms with Crippen molar-refractivity contribution in [2.75, 3.05) is 0 Å². The molecule has 0 spiro atoms. The summed E-state index contributed by atoms with van der Waals surface area (Å²) >= 11 is 0. The smallest absolute Gasteiger partial charge is 0.306 e. The molecule has 1 saturated carbocycles. The SMILES string of the molecule is CCCC(NC(=O)Cc1ccccc1)C(=O)N[C@@H]1CC[C@H](C(=O)O)C1. The molecule has 1 aliphatic rings. The number of benzene rings is 1. The number of carbonyl (C=O) groups excluding carboxylic acids is 2. The highest BCUT2D eigenvalue weighted by Crippen LogP contribution is 2.25. The summed E-state index contributed by atoms with van der Waals surface area (Å²) in [6.45, 7) is 1.96.